The van der Waals surface area contributed by atoms with Crippen molar-refractivity contribution >= 4 is 29.3 Å². The molecular formula is C34H60ClN7O11. The van der Waals surface area contributed by atoms with Crippen molar-refractivity contribution in [1.29, 1.82) is 5.41 Å². The lowest BCUT2D eigenvalue weighted by atomic mass is 10.0. The van der Waals surface area contributed by atoms with Crippen molar-refractivity contribution < 1.29 is 54.4 Å². The number of hydrogen-bond donors (Lipinski definition) is 10. The van der Waals surface area contributed by atoms with E-state index in [1.807, 2.05) is 0 Å². The Kier molecular flexibility index (Phi) is 19.5. The van der Waals surface area contributed by atoms with Crippen LogP contribution in [0.1, 0.15) is 87.8 Å². The Morgan fingerprint density at radius 1 is 0.849 bits per heavy atom. The number of aliphatic hydroxyl groups excluding tert-OH is 6. The zero-order valence-corrected chi connectivity index (χ0v) is 31.7. The Balaban J connectivity index is 1.32. The number of carbonyl (C=O) groups excluding carboxylic acids is 1. The normalized spacial score (nSPS) is 23.8. The molecule has 2 fully saturated rings. The van der Waals surface area contributed by atoms with Gasteiger partial charge in [-0.05, 0) is 40.2 Å². The molecule has 3 heterocycles. The molecule has 0 aliphatic carbocycles. The molecule has 2 aliphatic heterocycles. The molecule has 3 rings (SSSR count). The summed E-state index contributed by atoms with van der Waals surface area (Å²) in [5.41, 5.74) is 6.02. The summed E-state index contributed by atoms with van der Waals surface area (Å²) >= 11 is 5.93. The average Bonchev–Trinajstić information content (AvgIpc) is 3.76. The molecular weight excluding hydrogens is 718 g/mol. The maximum Gasteiger partial charge on any atom is 0.280 e. The lowest BCUT2D eigenvalue weighted by molar-refractivity contribution is -0.135. The van der Waals surface area contributed by atoms with Crippen LogP contribution >= 0.6 is 11.6 Å². The van der Waals surface area contributed by atoms with E-state index in [0.717, 1.165) is 57.8 Å². The number of unbranched alkanes of at least 4 members (excludes halogenated alkanes) is 8. The van der Waals surface area contributed by atoms with Gasteiger partial charge in [-0.1, -0.05) is 56.5 Å². The zero-order valence-electron chi connectivity index (χ0n) is 30.9. The highest BCUT2D eigenvalue weighted by Gasteiger charge is 2.39. The van der Waals surface area contributed by atoms with E-state index >= 15 is 0 Å². The van der Waals surface area contributed by atoms with Crippen molar-refractivity contribution in [3.8, 4) is 0 Å². The molecule has 1 aromatic rings. The van der Waals surface area contributed by atoms with Gasteiger partial charge in [0.15, 0.2) is 35.2 Å². The molecule has 10 atom stereocenters. The molecule has 53 heavy (non-hydrogen) atoms. The Labute approximate surface area is 315 Å². The van der Waals surface area contributed by atoms with Gasteiger partial charge in [0.2, 0.25) is 0 Å². The fraction of sp³-hybridized carbons (Fsp3) is 0.824. The van der Waals surface area contributed by atoms with E-state index < -0.39 is 67.3 Å². The molecule has 304 valence electrons. The lowest BCUT2D eigenvalue weighted by Crippen LogP contribution is -2.53. The lowest BCUT2D eigenvalue weighted by Gasteiger charge is -2.33. The summed E-state index contributed by atoms with van der Waals surface area (Å²) in [6, 6.07) is 0. The topological polar surface area (TPSA) is 278 Å². The van der Waals surface area contributed by atoms with E-state index in [9.17, 15) is 35.4 Å². The largest absolute Gasteiger partial charge is 0.389 e. The molecule has 2 aliphatic rings. The monoisotopic (exact) mass is 777 g/mol. The van der Waals surface area contributed by atoms with Crippen molar-refractivity contribution in [3.63, 3.8) is 0 Å². The number of hydrogen-bond acceptors (Lipinski definition) is 16. The third-order valence-corrected chi connectivity index (χ3v) is 9.67. The van der Waals surface area contributed by atoms with Crippen LogP contribution in [0.3, 0.4) is 0 Å². The van der Waals surface area contributed by atoms with E-state index in [2.05, 4.69) is 20.6 Å². The molecule has 18 nitrogen and oxygen atoms in total. The van der Waals surface area contributed by atoms with Crippen LogP contribution in [-0.4, -0.2) is 158 Å². The summed E-state index contributed by atoms with van der Waals surface area (Å²) in [6.45, 7) is 5.86. The average molecular weight is 778 g/mol. The highest BCUT2D eigenvalue weighted by atomic mass is 35.5. The summed E-state index contributed by atoms with van der Waals surface area (Å²) in [5, 5.41) is 77.4. The second kappa shape index (κ2) is 22.9. The van der Waals surface area contributed by atoms with Gasteiger partial charge in [0.05, 0.1) is 31.1 Å². The van der Waals surface area contributed by atoms with Gasteiger partial charge in [0, 0.05) is 19.6 Å². The van der Waals surface area contributed by atoms with Crippen molar-refractivity contribution in [2.45, 2.75) is 140 Å². The Bertz CT molecular complexity index is 1230. The molecule has 0 spiro atoms. The Hall–Kier alpha value is -2.33. The number of rotatable bonds is 23. The number of aromatic nitrogens is 2. The van der Waals surface area contributed by atoms with Crippen LogP contribution in [0, 0.1) is 12.3 Å². The maximum absolute atomic E-state index is 12.3. The highest BCUT2D eigenvalue weighted by Crippen LogP contribution is 2.21. The van der Waals surface area contributed by atoms with Crippen LogP contribution in [0.2, 0.25) is 5.15 Å². The van der Waals surface area contributed by atoms with E-state index in [0.29, 0.717) is 18.8 Å². The van der Waals surface area contributed by atoms with Crippen LogP contribution in [-0.2, 0) is 18.9 Å². The number of nitrogens with zero attached hydrogens (tertiary/aromatic N) is 3. The first-order chi connectivity index (χ1) is 25.2. The smallest absolute Gasteiger partial charge is 0.280 e. The number of nitrogens with two attached hydrogens (primary N) is 1. The van der Waals surface area contributed by atoms with Crippen LogP contribution in [0.5, 0.6) is 0 Å². The van der Waals surface area contributed by atoms with E-state index in [-0.39, 0.29) is 48.9 Å². The summed E-state index contributed by atoms with van der Waals surface area (Å²) in [6.07, 6.45) is -2.84. The first-order valence-electron chi connectivity index (χ1n) is 18.5. The predicted octanol–water partition coefficient (Wildman–Crippen LogP) is -0.224. The summed E-state index contributed by atoms with van der Waals surface area (Å²) < 4.78 is 21.5. The van der Waals surface area contributed by atoms with E-state index in [4.69, 9.17) is 41.7 Å². The summed E-state index contributed by atoms with van der Waals surface area (Å²) in [7, 11) is 0. The van der Waals surface area contributed by atoms with Gasteiger partial charge in [-0.3, -0.25) is 20.4 Å². The number of ether oxygens (including phenoxy) is 4. The molecule has 0 radical (unpaired) electrons. The highest BCUT2D eigenvalue weighted by molar-refractivity contribution is 6.30. The number of carbonyl (C=O) groups is 1. The standard InChI is InChI=1S/C34H60ClN7O11/c1-19-31(35)40-26(32(36)39-19)33(49)41-34(37)38-13-11-9-7-5-4-6-8-10-12-14-42(15-22(43)27(45)29(47)24-17-50-20(2)52-24)16-23(44)28(46)30(48)25-18-51-21(3)53-25/h20-25,27-30,43-48H,4-18H2,1-3H3,(H2,36,39)(H3,37,38,41,49)/t20-,21-,22+,23+,24-,25-,27-,28-,29-,30-/m1/s1. The van der Waals surface area contributed by atoms with Gasteiger partial charge in [0.25, 0.3) is 5.91 Å². The molecule has 11 N–H and O–H groups in total. The van der Waals surface area contributed by atoms with Crippen LogP contribution in [0.15, 0.2) is 0 Å². The molecule has 19 heteroatoms. The van der Waals surface area contributed by atoms with Crippen molar-refractivity contribution in [2.24, 2.45) is 0 Å². The van der Waals surface area contributed by atoms with Gasteiger partial charge in [-0.25, -0.2) is 9.97 Å². The molecule has 0 bridgehead atoms. The minimum absolute atomic E-state index is 0.0617. The van der Waals surface area contributed by atoms with Crippen molar-refractivity contribution in [1.82, 2.24) is 25.5 Å². The molecule has 0 saturated carbocycles. The van der Waals surface area contributed by atoms with E-state index in [1.54, 1.807) is 25.7 Å². The molecule has 0 aromatic carbocycles. The number of aryl methyl sites for hydroxylation is 1. The minimum Gasteiger partial charge on any atom is -0.389 e. The van der Waals surface area contributed by atoms with Crippen LogP contribution in [0.25, 0.3) is 0 Å². The number of aliphatic hydroxyl groups is 6. The number of nitrogen functional groups attached to an aromatic ring is 1. The van der Waals surface area contributed by atoms with Gasteiger partial charge in [-0.2, -0.15) is 0 Å². The number of halogens is 1. The van der Waals surface area contributed by atoms with Crippen LogP contribution in [0.4, 0.5) is 5.82 Å². The SMILES string of the molecule is Cc1nc(N)c(C(=O)NC(=N)NCCCCCCCCCCCN(C[C@H](O)[C@@H](O)[C@H](O)[C@H]2CO[C@@H](C)O2)C[C@H](O)[C@@H](O)[C@H](O)[C@H]2CO[C@@H](C)O2)nc1Cl. The van der Waals surface area contributed by atoms with Gasteiger partial charge >= 0.3 is 0 Å². The van der Waals surface area contributed by atoms with Gasteiger partial charge < -0.3 is 60.6 Å². The quantitative estimate of drug-likeness (QED) is 0.0391. The predicted molar refractivity (Wildman–Crippen MR) is 194 cm³/mol. The summed E-state index contributed by atoms with van der Waals surface area (Å²) in [4.78, 5) is 22.0. The second-order valence-corrected chi connectivity index (χ2v) is 14.1. The third-order valence-electron chi connectivity index (χ3n) is 9.31. The number of amides is 1. The fourth-order valence-corrected chi connectivity index (χ4v) is 6.30. The van der Waals surface area contributed by atoms with E-state index in [1.165, 1.54) is 0 Å². The maximum atomic E-state index is 12.3. The van der Waals surface area contributed by atoms with Crippen LogP contribution < -0.4 is 16.4 Å². The summed E-state index contributed by atoms with van der Waals surface area (Å²) in [5.74, 6) is -0.890. The van der Waals surface area contributed by atoms with Crippen molar-refractivity contribution in [2.75, 3.05) is 45.1 Å². The van der Waals surface area contributed by atoms with Gasteiger partial charge in [-0.15, -0.1) is 0 Å². The third kappa shape index (κ3) is 15.0. The first kappa shape index (κ1) is 45.1. The molecule has 0 unspecified atom stereocenters. The fourth-order valence-electron chi connectivity index (χ4n) is 6.18. The number of anilines is 1. The zero-order chi connectivity index (χ0) is 39.1. The molecule has 1 aromatic heterocycles. The molecule has 1 amide bonds. The molecule has 2 saturated heterocycles. The second-order valence-electron chi connectivity index (χ2n) is 13.8. The Morgan fingerprint density at radius 2 is 1.32 bits per heavy atom. The number of guanidine groups is 1. The van der Waals surface area contributed by atoms with Crippen molar-refractivity contribution in [3.05, 3.63) is 16.5 Å². The van der Waals surface area contributed by atoms with Gasteiger partial charge in [0.1, 0.15) is 36.6 Å². The first-order valence-corrected chi connectivity index (χ1v) is 18.8. The number of nitrogens with one attached hydrogen (secondary N) is 3. The minimum atomic E-state index is -1.54. The Morgan fingerprint density at radius 3 is 1.79 bits per heavy atom.